The van der Waals surface area contributed by atoms with Gasteiger partial charge in [0, 0.05) is 30.2 Å². The summed E-state index contributed by atoms with van der Waals surface area (Å²) in [6, 6.07) is 8.48. The van der Waals surface area contributed by atoms with Gasteiger partial charge in [0.15, 0.2) is 5.69 Å². The summed E-state index contributed by atoms with van der Waals surface area (Å²) < 4.78 is 39.5. The molecule has 0 saturated heterocycles. The number of aryl methyl sites for hydroxylation is 1. The van der Waals surface area contributed by atoms with Gasteiger partial charge in [0.25, 0.3) is 0 Å². The minimum Gasteiger partial charge on any atom is -0.372 e. The second-order valence-corrected chi connectivity index (χ2v) is 6.46. The molecular formula is C19H25F3N4O. The van der Waals surface area contributed by atoms with Crippen molar-refractivity contribution in [2.75, 3.05) is 23.3 Å². The zero-order valence-electron chi connectivity index (χ0n) is 16.0. The van der Waals surface area contributed by atoms with E-state index >= 15 is 0 Å². The highest BCUT2D eigenvalue weighted by Crippen LogP contribution is 2.28. The molecule has 0 aliphatic heterocycles. The number of hydrogen-bond donors (Lipinski definition) is 1. The first kappa shape index (κ1) is 20.8. The molecule has 1 heterocycles. The Balaban J connectivity index is 2.01. The van der Waals surface area contributed by atoms with Crippen molar-refractivity contribution in [3.05, 3.63) is 41.7 Å². The third-order valence-electron chi connectivity index (χ3n) is 4.43. The topological polar surface area (TPSA) is 50.2 Å². The fourth-order valence-corrected chi connectivity index (χ4v) is 2.79. The van der Waals surface area contributed by atoms with E-state index in [0.29, 0.717) is 11.4 Å². The Kier molecular flexibility index (Phi) is 6.51. The Morgan fingerprint density at radius 1 is 1.22 bits per heavy atom. The summed E-state index contributed by atoms with van der Waals surface area (Å²) in [7, 11) is 0. The number of aromatic nitrogens is 2. The van der Waals surface area contributed by atoms with E-state index < -0.39 is 17.8 Å². The van der Waals surface area contributed by atoms with Crippen LogP contribution in [0.25, 0.3) is 0 Å². The Hall–Kier alpha value is -2.51. The van der Waals surface area contributed by atoms with Gasteiger partial charge in [-0.05, 0) is 51.1 Å². The Morgan fingerprint density at radius 3 is 2.30 bits per heavy atom. The fourth-order valence-electron chi connectivity index (χ4n) is 2.79. The maximum Gasteiger partial charge on any atom is 0.435 e. The number of benzene rings is 1. The van der Waals surface area contributed by atoms with Gasteiger partial charge in [0.05, 0.1) is 12.5 Å². The van der Waals surface area contributed by atoms with Crippen LogP contribution < -0.4 is 10.2 Å². The molecule has 148 valence electrons. The summed E-state index contributed by atoms with van der Waals surface area (Å²) in [5.74, 6) is -0.804. The van der Waals surface area contributed by atoms with Gasteiger partial charge in [0.2, 0.25) is 5.91 Å². The number of halogens is 3. The highest BCUT2D eigenvalue weighted by Gasteiger charge is 2.34. The molecule has 0 aliphatic carbocycles. The molecule has 0 bridgehead atoms. The largest absolute Gasteiger partial charge is 0.435 e. The van der Waals surface area contributed by atoms with E-state index in [9.17, 15) is 18.0 Å². The maximum atomic E-state index is 12.7. The number of carbonyl (C=O) groups excluding carboxylic acids is 1. The van der Waals surface area contributed by atoms with Crippen molar-refractivity contribution >= 4 is 17.3 Å². The number of nitrogens with one attached hydrogen (secondary N) is 1. The van der Waals surface area contributed by atoms with Gasteiger partial charge in [-0.3, -0.25) is 9.48 Å². The van der Waals surface area contributed by atoms with Crippen LogP contribution in [-0.4, -0.2) is 28.8 Å². The Labute approximate surface area is 157 Å². The van der Waals surface area contributed by atoms with Crippen molar-refractivity contribution in [2.45, 2.75) is 40.4 Å². The van der Waals surface area contributed by atoms with Crippen LogP contribution >= 0.6 is 0 Å². The number of rotatable bonds is 7. The molecular weight excluding hydrogens is 357 g/mol. The summed E-state index contributed by atoms with van der Waals surface area (Å²) in [6.07, 6.45) is -4.49. The third kappa shape index (κ3) is 5.24. The van der Waals surface area contributed by atoms with E-state index in [1.807, 2.05) is 24.3 Å². The SMILES string of the molecule is CCN(CC)c1ccc(NC(=O)C(C)Cn2nc(C(F)(F)F)cc2C)cc1. The van der Waals surface area contributed by atoms with E-state index in [0.717, 1.165) is 24.8 Å². The molecule has 27 heavy (non-hydrogen) atoms. The van der Waals surface area contributed by atoms with Gasteiger partial charge < -0.3 is 10.2 Å². The number of nitrogens with zero attached hydrogens (tertiary/aromatic N) is 3. The lowest BCUT2D eigenvalue weighted by atomic mass is 10.1. The monoisotopic (exact) mass is 382 g/mol. The smallest absolute Gasteiger partial charge is 0.372 e. The molecule has 1 aromatic heterocycles. The van der Waals surface area contributed by atoms with Crippen LogP contribution in [0.4, 0.5) is 24.5 Å². The van der Waals surface area contributed by atoms with Crippen LogP contribution in [0.15, 0.2) is 30.3 Å². The predicted octanol–water partition coefficient (Wildman–Crippen LogP) is 4.33. The average Bonchev–Trinajstić information content (AvgIpc) is 2.98. The summed E-state index contributed by atoms with van der Waals surface area (Å²) in [5, 5.41) is 6.37. The van der Waals surface area contributed by atoms with Crippen LogP contribution in [-0.2, 0) is 17.5 Å². The van der Waals surface area contributed by atoms with Crippen LogP contribution in [0, 0.1) is 12.8 Å². The van der Waals surface area contributed by atoms with Gasteiger partial charge >= 0.3 is 6.18 Å². The lowest BCUT2D eigenvalue weighted by molar-refractivity contribution is -0.141. The van der Waals surface area contributed by atoms with Crippen molar-refractivity contribution < 1.29 is 18.0 Å². The highest BCUT2D eigenvalue weighted by atomic mass is 19.4. The molecule has 0 radical (unpaired) electrons. The lowest BCUT2D eigenvalue weighted by Gasteiger charge is -2.21. The van der Waals surface area contributed by atoms with Crippen LogP contribution in [0.2, 0.25) is 0 Å². The van der Waals surface area contributed by atoms with Crippen molar-refractivity contribution in [1.29, 1.82) is 0 Å². The third-order valence-corrected chi connectivity index (χ3v) is 4.43. The van der Waals surface area contributed by atoms with Gasteiger partial charge in [-0.25, -0.2) is 0 Å². The first-order chi connectivity index (χ1) is 12.7. The van der Waals surface area contributed by atoms with Crippen molar-refractivity contribution in [1.82, 2.24) is 9.78 Å². The zero-order chi connectivity index (χ0) is 20.2. The number of anilines is 2. The summed E-state index contributed by atoms with van der Waals surface area (Å²) in [5.41, 5.74) is 1.14. The number of carbonyl (C=O) groups is 1. The normalized spacial score (nSPS) is 12.7. The molecule has 0 aliphatic rings. The van der Waals surface area contributed by atoms with E-state index in [1.165, 1.54) is 4.68 Å². The molecule has 1 N–H and O–H groups in total. The molecule has 2 rings (SSSR count). The molecule has 8 heteroatoms. The quantitative estimate of drug-likeness (QED) is 0.775. The van der Waals surface area contributed by atoms with Crippen molar-refractivity contribution in [3.8, 4) is 0 Å². The van der Waals surface area contributed by atoms with Gasteiger partial charge in [-0.15, -0.1) is 0 Å². The molecule has 0 saturated carbocycles. The predicted molar refractivity (Wildman–Crippen MR) is 99.8 cm³/mol. The molecule has 0 spiro atoms. The molecule has 1 aromatic carbocycles. The van der Waals surface area contributed by atoms with E-state index in [1.54, 1.807) is 13.8 Å². The highest BCUT2D eigenvalue weighted by molar-refractivity contribution is 5.92. The molecule has 5 nitrogen and oxygen atoms in total. The standard InChI is InChI=1S/C19H25F3N4O/c1-5-25(6-2)16-9-7-15(8-10-16)23-18(27)13(3)12-26-14(4)11-17(24-26)19(20,21)22/h7-11,13H,5-6,12H2,1-4H3,(H,23,27). The molecule has 1 unspecified atom stereocenters. The first-order valence-corrected chi connectivity index (χ1v) is 8.93. The minimum absolute atomic E-state index is 0.0747. The molecule has 0 fully saturated rings. The first-order valence-electron chi connectivity index (χ1n) is 8.93. The van der Waals surface area contributed by atoms with E-state index in [2.05, 4.69) is 29.2 Å². The van der Waals surface area contributed by atoms with Crippen molar-refractivity contribution in [3.63, 3.8) is 0 Å². The average molecular weight is 382 g/mol. The summed E-state index contributed by atoms with van der Waals surface area (Å²) in [6.45, 7) is 9.20. The maximum absolute atomic E-state index is 12.7. The molecule has 1 amide bonds. The summed E-state index contributed by atoms with van der Waals surface area (Å²) >= 11 is 0. The van der Waals surface area contributed by atoms with Crippen molar-refractivity contribution in [2.24, 2.45) is 5.92 Å². The molecule has 2 aromatic rings. The lowest BCUT2D eigenvalue weighted by Crippen LogP contribution is -2.25. The van der Waals surface area contributed by atoms with Crippen LogP contribution in [0.1, 0.15) is 32.2 Å². The number of hydrogen-bond acceptors (Lipinski definition) is 3. The van der Waals surface area contributed by atoms with Gasteiger partial charge in [0.1, 0.15) is 0 Å². The summed E-state index contributed by atoms with van der Waals surface area (Å²) in [4.78, 5) is 14.6. The zero-order valence-corrected chi connectivity index (χ0v) is 16.0. The number of alkyl halides is 3. The van der Waals surface area contributed by atoms with Crippen LogP contribution in [0.5, 0.6) is 0 Å². The van der Waals surface area contributed by atoms with E-state index in [4.69, 9.17) is 0 Å². The fraction of sp³-hybridized carbons (Fsp3) is 0.474. The van der Waals surface area contributed by atoms with Gasteiger partial charge in [-0.2, -0.15) is 18.3 Å². The molecule has 1 atom stereocenters. The minimum atomic E-state index is -4.49. The second kappa shape index (κ2) is 8.45. The second-order valence-electron chi connectivity index (χ2n) is 6.46. The van der Waals surface area contributed by atoms with E-state index in [-0.39, 0.29) is 12.5 Å². The van der Waals surface area contributed by atoms with Crippen LogP contribution in [0.3, 0.4) is 0 Å². The Bertz CT molecular complexity index is 764. The van der Waals surface area contributed by atoms with Gasteiger partial charge in [-0.1, -0.05) is 6.92 Å². The number of amides is 1. The Morgan fingerprint density at radius 2 is 1.81 bits per heavy atom.